The lowest BCUT2D eigenvalue weighted by molar-refractivity contribution is 0.0283. The summed E-state index contributed by atoms with van der Waals surface area (Å²) in [6.07, 6.45) is 3.95. The quantitative estimate of drug-likeness (QED) is 0.843. The van der Waals surface area contributed by atoms with Crippen molar-refractivity contribution in [1.29, 1.82) is 0 Å². The van der Waals surface area contributed by atoms with Crippen molar-refractivity contribution in [2.45, 2.75) is 11.6 Å². The Bertz CT molecular complexity index is 550. The van der Waals surface area contributed by atoms with Crippen molar-refractivity contribution in [1.82, 2.24) is 4.90 Å². The first-order valence-electron chi connectivity index (χ1n) is 6.87. The summed E-state index contributed by atoms with van der Waals surface area (Å²) in [5.74, 6) is 0. The van der Waals surface area contributed by atoms with Crippen LogP contribution in [0.4, 0.5) is 0 Å². The maximum atomic E-state index is 6.16. The molecule has 0 saturated heterocycles. The number of hydrogen-bond donors (Lipinski definition) is 0. The smallest absolute Gasteiger partial charge is 0.177 e. The van der Waals surface area contributed by atoms with Gasteiger partial charge in [-0.1, -0.05) is 60.7 Å². The summed E-state index contributed by atoms with van der Waals surface area (Å²) in [4.78, 5) is 2.20. The van der Waals surface area contributed by atoms with Gasteiger partial charge in [0, 0.05) is 11.1 Å². The lowest BCUT2D eigenvalue weighted by Crippen LogP contribution is -2.46. The lowest BCUT2D eigenvalue weighted by atomic mass is 9.80. The minimum absolute atomic E-state index is 0.173. The van der Waals surface area contributed by atoms with Crippen molar-refractivity contribution >= 4 is 0 Å². The van der Waals surface area contributed by atoms with Crippen LogP contribution in [0.25, 0.3) is 0 Å². The number of benzene rings is 2. The maximum Gasteiger partial charge on any atom is 0.177 e. The van der Waals surface area contributed by atoms with E-state index in [1.54, 1.807) is 0 Å². The molecule has 0 fully saturated rings. The molecule has 1 aliphatic heterocycles. The van der Waals surface area contributed by atoms with E-state index < -0.39 is 5.60 Å². The summed E-state index contributed by atoms with van der Waals surface area (Å²) in [7, 11) is 4.18. The first-order valence-corrected chi connectivity index (χ1v) is 6.87. The van der Waals surface area contributed by atoms with Crippen molar-refractivity contribution < 1.29 is 4.74 Å². The lowest BCUT2D eigenvalue weighted by Gasteiger charge is -2.38. The normalized spacial score (nSPS) is 20.1. The molecule has 2 aromatic rings. The molecule has 0 saturated carbocycles. The highest BCUT2D eigenvalue weighted by molar-refractivity contribution is 5.42. The third-order valence-electron chi connectivity index (χ3n) is 3.89. The Balaban J connectivity index is 2.19. The second-order valence-electron chi connectivity index (χ2n) is 5.32. The predicted octanol–water partition coefficient (Wildman–Crippen LogP) is 3.40. The van der Waals surface area contributed by atoms with Crippen LogP contribution in [0.1, 0.15) is 11.1 Å². The first-order chi connectivity index (χ1) is 9.75. The molecule has 0 N–H and O–H groups in total. The van der Waals surface area contributed by atoms with E-state index in [2.05, 4.69) is 73.6 Å². The van der Waals surface area contributed by atoms with Gasteiger partial charge >= 0.3 is 0 Å². The highest BCUT2D eigenvalue weighted by Gasteiger charge is 2.46. The van der Waals surface area contributed by atoms with E-state index in [0.29, 0.717) is 0 Å². The molecule has 2 heteroatoms. The second kappa shape index (κ2) is 5.14. The summed E-state index contributed by atoms with van der Waals surface area (Å²) in [5, 5.41) is 0. The zero-order valence-corrected chi connectivity index (χ0v) is 11.9. The van der Waals surface area contributed by atoms with Crippen molar-refractivity contribution in [3.63, 3.8) is 0 Å². The third-order valence-corrected chi connectivity index (χ3v) is 3.89. The fourth-order valence-electron chi connectivity index (χ4n) is 2.98. The molecule has 20 heavy (non-hydrogen) atoms. The van der Waals surface area contributed by atoms with Crippen LogP contribution in [0.15, 0.2) is 73.0 Å². The third kappa shape index (κ3) is 1.93. The van der Waals surface area contributed by atoms with Crippen LogP contribution < -0.4 is 0 Å². The Morgan fingerprint density at radius 2 is 1.35 bits per heavy atom. The maximum absolute atomic E-state index is 6.16. The number of hydrogen-bond acceptors (Lipinski definition) is 2. The molecule has 0 spiro atoms. The molecular weight excluding hydrogens is 246 g/mol. The van der Waals surface area contributed by atoms with Crippen LogP contribution in [0.5, 0.6) is 0 Å². The van der Waals surface area contributed by atoms with Crippen molar-refractivity contribution in [2.75, 3.05) is 14.1 Å². The molecule has 0 radical (unpaired) electrons. The Kier molecular flexibility index (Phi) is 3.33. The summed E-state index contributed by atoms with van der Waals surface area (Å²) in [6, 6.07) is 21.0. The molecule has 0 aliphatic carbocycles. The van der Waals surface area contributed by atoms with Crippen LogP contribution in [0, 0.1) is 0 Å². The Labute approximate surface area is 120 Å². The van der Waals surface area contributed by atoms with E-state index in [4.69, 9.17) is 4.74 Å². The molecule has 1 heterocycles. The molecule has 102 valence electrons. The van der Waals surface area contributed by atoms with E-state index in [-0.39, 0.29) is 6.04 Å². The highest BCUT2D eigenvalue weighted by atomic mass is 16.5. The zero-order valence-electron chi connectivity index (χ0n) is 11.9. The largest absolute Gasteiger partial charge is 0.484 e. The van der Waals surface area contributed by atoms with E-state index in [0.717, 1.165) is 0 Å². The average molecular weight is 265 g/mol. The van der Waals surface area contributed by atoms with Gasteiger partial charge in [-0.05, 0) is 20.2 Å². The Morgan fingerprint density at radius 1 is 0.850 bits per heavy atom. The molecule has 0 amide bonds. The Morgan fingerprint density at radius 3 is 1.80 bits per heavy atom. The van der Waals surface area contributed by atoms with E-state index in [1.165, 1.54) is 11.1 Å². The summed E-state index contributed by atoms with van der Waals surface area (Å²) in [5.41, 5.74) is 1.89. The SMILES string of the molecule is CN(C)C1C=COC1(c1ccccc1)c1ccccc1. The van der Waals surface area contributed by atoms with Crippen LogP contribution in [0.2, 0.25) is 0 Å². The van der Waals surface area contributed by atoms with Crippen molar-refractivity contribution in [2.24, 2.45) is 0 Å². The second-order valence-corrected chi connectivity index (χ2v) is 5.32. The van der Waals surface area contributed by atoms with Gasteiger partial charge in [-0.2, -0.15) is 0 Å². The summed E-state index contributed by atoms with van der Waals surface area (Å²) in [6.45, 7) is 0. The molecule has 1 atom stereocenters. The van der Waals surface area contributed by atoms with Crippen molar-refractivity contribution in [3.8, 4) is 0 Å². The molecule has 2 nitrogen and oxygen atoms in total. The minimum Gasteiger partial charge on any atom is -0.484 e. The van der Waals surface area contributed by atoms with Gasteiger partial charge in [0.2, 0.25) is 0 Å². The van der Waals surface area contributed by atoms with Crippen LogP contribution in [-0.2, 0) is 10.3 Å². The number of likely N-dealkylation sites (N-methyl/N-ethyl adjacent to an activating group) is 1. The minimum atomic E-state index is -0.466. The van der Waals surface area contributed by atoms with Gasteiger partial charge in [0.15, 0.2) is 5.60 Å². The zero-order chi connectivity index (χ0) is 14.0. The fraction of sp³-hybridized carbons (Fsp3) is 0.222. The van der Waals surface area contributed by atoms with E-state index >= 15 is 0 Å². The molecule has 3 rings (SSSR count). The highest BCUT2D eigenvalue weighted by Crippen LogP contribution is 2.42. The van der Waals surface area contributed by atoms with Crippen LogP contribution in [-0.4, -0.2) is 25.0 Å². The van der Waals surface area contributed by atoms with Crippen LogP contribution in [0.3, 0.4) is 0 Å². The monoisotopic (exact) mass is 265 g/mol. The molecule has 0 bridgehead atoms. The number of nitrogens with zero attached hydrogens (tertiary/aromatic N) is 1. The summed E-state index contributed by atoms with van der Waals surface area (Å²) >= 11 is 0. The van der Waals surface area contributed by atoms with Gasteiger partial charge < -0.3 is 4.74 Å². The molecule has 0 aromatic heterocycles. The average Bonchev–Trinajstić information content (AvgIpc) is 2.95. The molecule has 2 aromatic carbocycles. The van der Waals surface area contributed by atoms with Crippen molar-refractivity contribution in [3.05, 3.63) is 84.1 Å². The van der Waals surface area contributed by atoms with Crippen LogP contribution >= 0.6 is 0 Å². The standard InChI is InChI=1S/C18H19NO/c1-19(2)17-13-14-20-18(17,15-9-5-3-6-10-15)16-11-7-4-8-12-16/h3-14,17H,1-2H3. The predicted molar refractivity (Wildman–Crippen MR) is 81.4 cm³/mol. The Hall–Kier alpha value is -2.06. The molecular formula is C18H19NO. The topological polar surface area (TPSA) is 12.5 Å². The number of ether oxygens (including phenoxy) is 1. The van der Waals surface area contributed by atoms with E-state index in [1.807, 2.05) is 18.4 Å². The van der Waals surface area contributed by atoms with Gasteiger partial charge in [-0.15, -0.1) is 0 Å². The van der Waals surface area contributed by atoms with Gasteiger partial charge in [-0.3, -0.25) is 4.90 Å². The summed E-state index contributed by atoms with van der Waals surface area (Å²) < 4.78 is 6.16. The van der Waals surface area contributed by atoms with Gasteiger partial charge in [0.25, 0.3) is 0 Å². The van der Waals surface area contributed by atoms with E-state index in [9.17, 15) is 0 Å². The molecule has 1 unspecified atom stereocenters. The van der Waals surface area contributed by atoms with Gasteiger partial charge in [0.1, 0.15) is 0 Å². The fourth-order valence-corrected chi connectivity index (χ4v) is 2.98. The van der Waals surface area contributed by atoms with Gasteiger partial charge in [-0.25, -0.2) is 0 Å². The molecule has 1 aliphatic rings. The number of rotatable bonds is 3. The van der Waals surface area contributed by atoms with Gasteiger partial charge in [0.05, 0.1) is 12.3 Å². The first kappa shape index (κ1) is 12.9.